The average molecular weight is 299 g/mol. The summed E-state index contributed by atoms with van der Waals surface area (Å²) in [4.78, 5) is 47.1. The number of carbonyl (C=O) groups excluding carboxylic acids is 3. The molecule has 3 amide bonds. The molecule has 0 bridgehead atoms. The molecule has 4 N–H and O–H groups in total. The Labute approximate surface area is 122 Å². The summed E-state index contributed by atoms with van der Waals surface area (Å²) in [5.74, 6) is -3.10. The van der Waals surface area contributed by atoms with Crippen molar-refractivity contribution in [3.8, 4) is 0 Å². The van der Waals surface area contributed by atoms with Crippen molar-refractivity contribution in [2.24, 2.45) is 17.6 Å². The second kappa shape index (κ2) is 7.05. The predicted molar refractivity (Wildman–Crippen MR) is 72.9 cm³/mol. The van der Waals surface area contributed by atoms with Crippen LogP contribution in [0.15, 0.2) is 0 Å². The number of likely N-dealkylation sites (tertiary alicyclic amines) is 1. The first-order valence-electron chi connectivity index (χ1n) is 6.80. The smallest absolute Gasteiger partial charge is 0.326 e. The number of hydrogen-bond acceptors (Lipinski definition) is 4. The minimum Gasteiger partial charge on any atom is -0.480 e. The molecular formula is C13H21N3O5. The zero-order valence-electron chi connectivity index (χ0n) is 12.2. The van der Waals surface area contributed by atoms with Gasteiger partial charge in [0.15, 0.2) is 0 Å². The lowest BCUT2D eigenvalue weighted by molar-refractivity contribution is -0.143. The number of nitrogens with two attached hydrogens (primary N) is 1. The summed E-state index contributed by atoms with van der Waals surface area (Å²) in [7, 11) is 0. The average Bonchev–Trinajstić information content (AvgIpc) is 2.68. The lowest BCUT2D eigenvalue weighted by atomic mass is 10.1. The van der Waals surface area contributed by atoms with Gasteiger partial charge in [-0.15, -0.1) is 0 Å². The molecule has 8 nitrogen and oxygen atoms in total. The number of nitrogens with one attached hydrogen (secondary N) is 1. The van der Waals surface area contributed by atoms with E-state index in [1.165, 1.54) is 0 Å². The van der Waals surface area contributed by atoms with Crippen LogP contribution in [-0.4, -0.2) is 52.8 Å². The minimum atomic E-state index is -1.36. The van der Waals surface area contributed by atoms with Crippen molar-refractivity contribution in [2.75, 3.05) is 13.1 Å². The van der Waals surface area contributed by atoms with E-state index in [0.717, 1.165) is 0 Å². The molecule has 1 heterocycles. The van der Waals surface area contributed by atoms with Crippen LogP contribution >= 0.6 is 0 Å². The van der Waals surface area contributed by atoms with E-state index in [4.69, 9.17) is 10.8 Å². The van der Waals surface area contributed by atoms with Gasteiger partial charge in [0.1, 0.15) is 6.04 Å². The van der Waals surface area contributed by atoms with Crippen LogP contribution in [0.5, 0.6) is 0 Å². The van der Waals surface area contributed by atoms with Gasteiger partial charge in [0.05, 0.1) is 12.3 Å². The van der Waals surface area contributed by atoms with Crippen LogP contribution < -0.4 is 11.1 Å². The molecule has 0 spiro atoms. The van der Waals surface area contributed by atoms with Gasteiger partial charge in [-0.1, -0.05) is 13.8 Å². The number of nitrogens with zero attached hydrogens (tertiary/aromatic N) is 1. The number of rotatable bonds is 7. The molecule has 0 saturated carbocycles. The number of hydrogen-bond donors (Lipinski definition) is 3. The number of primary amides is 1. The van der Waals surface area contributed by atoms with Crippen LogP contribution in [0.4, 0.5) is 0 Å². The molecule has 1 aliphatic rings. The van der Waals surface area contributed by atoms with E-state index in [9.17, 15) is 19.2 Å². The topological polar surface area (TPSA) is 130 Å². The molecule has 1 aliphatic heterocycles. The Bertz CT molecular complexity index is 449. The maximum Gasteiger partial charge on any atom is 0.326 e. The van der Waals surface area contributed by atoms with Gasteiger partial charge >= 0.3 is 5.97 Å². The SMILES string of the molecule is CC(C)CN1CC(C(=O)N[C@H](CC(N)=O)C(=O)O)CC1=O. The van der Waals surface area contributed by atoms with Gasteiger partial charge in [0, 0.05) is 19.5 Å². The van der Waals surface area contributed by atoms with E-state index in [1.54, 1.807) is 4.90 Å². The lowest BCUT2D eigenvalue weighted by Crippen LogP contribution is -2.46. The first-order valence-corrected chi connectivity index (χ1v) is 6.80. The summed E-state index contributed by atoms with van der Waals surface area (Å²) in [6.07, 6.45) is -0.418. The first kappa shape index (κ1) is 16.9. The van der Waals surface area contributed by atoms with E-state index in [0.29, 0.717) is 6.54 Å². The third-order valence-corrected chi connectivity index (χ3v) is 3.19. The van der Waals surface area contributed by atoms with E-state index in [2.05, 4.69) is 5.32 Å². The molecule has 0 aromatic rings. The highest BCUT2D eigenvalue weighted by Gasteiger charge is 2.36. The molecule has 1 rings (SSSR count). The standard InChI is InChI=1S/C13H21N3O5/c1-7(2)5-16-6-8(3-11(16)18)12(19)15-9(13(20)21)4-10(14)17/h7-9H,3-6H2,1-2H3,(H2,14,17)(H,15,19)(H,20,21)/t8?,9-/m1/s1. The second-order valence-corrected chi connectivity index (χ2v) is 5.66. The van der Waals surface area contributed by atoms with Crippen molar-refractivity contribution in [1.82, 2.24) is 10.2 Å². The molecule has 118 valence electrons. The Morgan fingerprint density at radius 1 is 1.43 bits per heavy atom. The van der Waals surface area contributed by atoms with E-state index in [1.807, 2.05) is 13.8 Å². The zero-order valence-corrected chi connectivity index (χ0v) is 12.2. The first-order chi connectivity index (χ1) is 9.70. The van der Waals surface area contributed by atoms with Crippen LogP contribution in [0.1, 0.15) is 26.7 Å². The largest absolute Gasteiger partial charge is 0.480 e. The molecule has 1 saturated heterocycles. The van der Waals surface area contributed by atoms with Crippen LogP contribution in [0.3, 0.4) is 0 Å². The molecular weight excluding hydrogens is 278 g/mol. The van der Waals surface area contributed by atoms with Gasteiger partial charge in [-0.3, -0.25) is 14.4 Å². The molecule has 0 aromatic heterocycles. The molecule has 0 aliphatic carbocycles. The van der Waals surface area contributed by atoms with Crippen molar-refractivity contribution in [3.63, 3.8) is 0 Å². The van der Waals surface area contributed by atoms with E-state index >= 15 is 0 Å². The summed E-state index contributed by atoms with van der Waals surface area (Å²) in [5, 5.41) is 11.2. The lowest BCUT2D eigenvalue weighted by Gasteiger charge is -2.19. The predicted octanol–water partition coefficient (Wildman–Crippen LogP) is -1.06. The van der Waals surface area contributed by atoms with E-state index < -0.39 is 36.2 Å². The monoisotopic (exact) mass is 299 g/mol. The molecule has 0 radical (unpaired) electrons. The summed E-state index contributed by atoms with van der Waals surface area (Å²) in [6, 6.07) is -1.36. The second-order valence-electron chi connectivity index (χ2n) is 5.66. The molecule has 1 fully saturated rings. The Kier molecular flexibility index (Phi) is 5.69. The number of carbonyl (C=O) groups is 4. The normalized spacial score (nSPS) is 19.7. The van der Waals surface area contributed by atoms with Crippen molar-refractivity contribution in [3.05, 3.63) is 0 Å². The third kappa shape index (κ3) is 5.05. The molecule has 8 heteroatoms. The van der Waals surface area contributed by atoms with Crippen molar-refractivity contribution < 1.29 is 24.3 Å². The Balaban J connectivity index is 2.61. The fourth-order valence-corrected chi connectivity index (χ4v) is 2.26. The maximum absolute atomic E-state index is 12.0. The summed E-state index contributed by atoms with van der Waals surface area (Å²) < 4.78 is 0. The van der Waals surface area contributed by atoms with E-state index in [-0.39, 0.29) is 24.8 Å². The van der Waals surface area contributed by atoms with Crippen LogP contribution in [0.2, 0.25) is 0 Å². The van der Waals surface area contributed by atoms with Crippen molar-refractivity contribution in [2.45, 2.75) is 32.7 Å². The highest BCUT2D eigenvalue weighted by molar-refractivity contribution is 5.92. The Hall–Kier alpha value is -2.12. The molecule has 21 heavy (non-hydrogen) atoms. The van der Waals surface area contributed by atoms with Crippen molar-refractivity contribution in [1.29, 1.82) is 0 Å². The van der Waals surface area contributed by atoms with Gasteiger partial charge in [-0.2, -0.15) is 0 Å². The highest BCUT2D eigenvalue weighted by Crippen LogP contribution is 2.19. The Morgan fingerprint density at radius 3 is 2.52 bits per heavy atom. The van der Waals surface area contributed by atoms with Crippen LogP contribution in [-0.2, 0) is 19.2 Å². The van der Waals surface area contributed by atoms with Crippen LogP contribution in [0, 0.1) is 11.8 Å². The fraction of sp³-hybridized carbons (Fsp3) is 0.692. The molecule has 1 unspecified atom stereocenters. The number of amides is 3. The van der Waals surface area contributed by atoms with Gasteiger partial charge in [0.25, 0.3) is 0 Å². The van der Waals surface area contributed by atoms with Crippen LogP contribution in [0.25, 0.3) is 0 Å². The third-order valence-electron chi connectivity index (χ3n) is 3.19. The highest BCUT2D eigenvalue weighted by atomic mass is 16.4. The summed E-state index contributed by atoms with van der Waals surface area (Å²) >= 11 is 0. The summed E-state index contributed by atoms with van der Waals surface area (Å²) in [6.45, 7) is 4.76. The number of carboxylic acid groups (broad SMARTS) is 1. The quantitative estimate of drug-likeness (QED) is 0.551. The van der Waals surface area contributed by atoms with Gasteiger partial charge in [-0.05, 0) is 5.92 Å². The molecule has 2 atom stereocenters. The van der Waals surface area contributed by atoms with Gasteiger partial charge < -0.3 is 21.1 Å². The Morgan fingerprint density at radius 2 is 2.05 bits per heavy atom. The zero-order chi connectivity index (χ0) is 16.2. The maximum atomic E-state index is 12.0. The summed E-state index contributed by atoms with van der Waals surface area (Å²) in [5.41, 5.74) is 4.94. The fourth-order valence-electron chi connectivity index (χ4n) is 2.26. The number of aliphatic carboxylic acids is 1. The number of carboxylic acids is 1. The van der Waals surface area contributed by atoms with Gasteiger partial charge in [0.2, 0.25) is 17.7 Å². The minimum absolute atomic E-state index is 0.0570. The van der Waals surface area contributed by atoms with Crippen molar-refractivity contribution >= 4 is 23.7 Å². The molecule has 0 aromatic carbocycles. The van der Waals surface area contributed by atoms with Gasteiger partial charge in [-0.25, -0.2) is 4.79 Å².